The Morgan fingerprint density at radius 1 is 1.24 bits per heavy atom. The van der Waals surface area contributed by atoms with Crippen molar-refractivity contribution in [2.45, 2.75) is 33.4 Å². The number of nitro benzene ring substituents is 1. The lowest BCUT2D eigenvalue weighted by atomic mass is 10.1. The summed E-state index contributed by atoms with van der Waals surface area (Å²) >= 11 is 5.89. The molecule has 3 rings (SSSR count). The Morgan fingerprint density at radius 2 is 1.93 bits per heavy atom. The van der Waals surface area contributed by atoms with E-state index in [0.29, 0.717) is 16.4 Å². The van der Waals surface area contributed by atoms with Gasteiger partial charge < -0.3 is 9.42 Å². The number of nitro groups is 1. The zero-order chi connectivity index (χ0) is 21.1. The van der Waals surface area contributed by atoms with E-state index in [0.717, 1.165) is 5.56 Å². The van der Waals surface area contributed by atoms with E-state index in [1.54, 1.807) is 43.3 Å². The van der Waals surface area contributed by atoms with Crippen molar-refractivity contribution in [1.82, 2.24) is 15.0 Å². The summed E-state index contributed by atoms with van der Waals surface area (Å²) in [5.41, 5.74) is 1.36. The van der Waals surface area contributed by atoms with Crippen LogP contribution in [0.1, 0.15) is 35.7 Å². The molecule has 0 saturated carbocycles. The fourth-order valence-electron chi connectivity index (χ4n) is 2.77. The summed E-state index contributed by atoms with van der Waals surface area (Å²) in [6.07, 6.45) is 0. The molecular formula is C20H19ClN4O4. The van der Waals surface area contributed by atoms with Crippen LogP contribution in [0.2, 0.25) is 5.02 Å². The van der Waals surface area contributed by atoms with Crippen molar-refractivity contribution in [3.63, 3.8) is 0 Å². The number of benzene rings is 2. The van der Waals surface area contributed by atoms with Gasteiger partial charge in [0.1, 0.15) is 6.54 Å². The summed E-state index contributed by atoms with van der Waals surface area (Å²) in [6.45, 7) is 5.40. The zero-order valence-corrected chi connectivity index (χ0v) is 16.9. The van der Waals surface area contributed by atoms with Crippen LogP contribution in [0.3, 0.4) is 0 Å². The first-order valence-electron chi connectivity index (χ1n) is 8.91. The Bertz CT molecular complexity index is 1050. The number of halogens is 1. The molecule has 0 aliphatic rings. The summed E-state index contributed by atoms with van der Waals surface area (Å²) in [5.74, 6) is 0.298. The fourth-order valence-corrected chi connectivity index (χ4v) is 2.90. The molecule has 0 saturated heterocycles. The third kappa shape index (κ3) is 4.60. The number of carbonyl (C=O) groups excluding carboxylic acids is 1. The van der Waals surface area contributed by atoms with Crippen molar-refractivity contribution < 1.29 is 14.2 Å². The molecule has 0 unspecified atom stereocenters. The first-order valence-corrected chi connectivity index (χ1v) is 9.28. The zero-order valence-electron chi connectivity index (χ0n) is 16.1. The fraction of sp³-hybridized carbons (Fsp3) is 0.250. The van der Waals surface area contributed by atoms with Crippen LogP contribution in [0, 0.1) is 17.0 Å². The van der Waals surface area contributed by atoms with E-state index >= 15 is 0 Å². The maximum atomic E-state index is 13.0. The topological polar surface area (TPSA) is 102 Å². The van der Waals surface area contributed by atoms with Crippen LogP contribution >= 0.6 is 11.6 Å². The lowest BCUT2D eigenvalue weighted by Gasteiger charge is -2.25. The SMILES string of the molecule is Cc1ccc(C(=O)N(Cc2nc(-c3ccc(Cl)cc3)no2)C(C)C)cc1[N+](=O)[O-]. The third-order valence-corrected chi connectivity index (χ3v) is 4.67. The smallest absolute Gasteiger partial charge is 0.273 e. The van der Waals surface area contributed by atoms with Gasteiger partial charge in [-0.15, -0.1) is 0 Å². The van der Waals surface area contributed by atoms with Crippen LogP contribution in [0.15, 0.2) is 47.0 Å². The van der Waals surface area contributed by atoms with Gasteiger partial charge >= 0.3 is 0 Å². The minimum absolute atomic E-state index is 0.0821. The van der Waals surface area contributed by atoms with Gasteiger partial charge in [0.05, 0.1) is 4.92 Å². The van der Waals surface area contributed by atoms with Crippen LogP contribution in [0.25, 0.3) is 11.4 Å². The van der Waals surface area contributed by atoms with E-state index < -0.39 is 4.92 Å². The molecule has 1 heterocycles. The van der Waals surface area contributed by atoms with E-state index in [2.05, 4.69) is 10.1 Å². The van der Waals surface area contributed by atoms with Gasteiger partial charge in [0, 0.05) is 33.8 Å². The van der Waals surface area contributed by atoms with Gasteiger partial charge in [0.2, 0.25) is 11.7 Å². The van der Waals surface area contributed by atoms with Gasteiger partial charge in [0.15, 0.2) is 0 Å². The molecule has 1 aromatic heterocycles. The molecule has 9 heteroatoms. The van der Waals surface area contributed by atoms with Crippen LogP contribution in [-0.4, -0.2) is 31.9 Å². The second kappa shape index (κ2) is 8.40. The second-order valence-electron chi connectivity index (χ2n) is 6.80. The molecular weight excluding hydrogens is 396 g/mol. The highest BCUT2D eigenvalue weighted by Crippen LogP contribution is 2.23. The average molecular weight is 415 g/mol. The van der Waals surface area contributed by atoms with Crippen LogP contribution in [0.5, 0.6) is 0 Å². The summed E-state index contributed by atoms with van der Waals surface area (Å²) < 4.78 is 5.30. The molecule has 150 valence electrons. The van der Waals surface area contributed by atoms with Crippen molar-refractivity contribution in [3.8, 4) is 11.4 Å². The molecule has 0 radical (unpaired) electrons. The standard InChI is InChI=1S/C20H19ClN4O4/c1-12(2)24(20(26)15-5-4-13(3)17(10-15)25(27)28)11-18-22-19(23-29-18)14-6-8-16(21)9-7-14/h4-10,12H,11H2,1-3H3. The molecule has 29 heavy (non-hydrogen) atoms. The van der Waals surface area contributed by atoms with E-state index in [1.807, 2.05) is 13.8 Å². The highest BCUT2D eigenvalue weighted by atomic mass is 35.5. The Labute approximate surface area is 172 Å². The van der Waals surface area contributed by atoms with Crippen molar-refractivity contribution in [1.29, 1.82) is 0 Å². The maximum absolute atomic E-state index is 13.0. The van der Waals surface area contributed by atoms with E-state index in [-0.39, 0.29) is 35.6 Å². The molecule has 0 aliphatic carbocycles. The highest BCUT2D eigenvalue weighted by molar-refractivity contribution is 6.30. The quantitative estimate of drug-likeness (QED) is 0.429. The molecule has 0 aliphatic heterocycles. The van der Waals surface area contributed by atoms with E-state index in [1.165, 1.54) is 11.0 Å². The van der Waals surface area contributed by atoms with Crippen molar-refractivity contribution in [2.24, 2.45) is 0 Å². The predicted octanol–water partition coefficient (Wildman–Crippen LogP) is 4.66. The number of nitrogens with zero attached hydrogens (tertiary/aromatic N) is 4. The van der Waals surface area contributed by atoms with Crippen molar-refractivity contribution in [2.75, 3.05) is 0 Å². The molecule has 2 aromatic carbocycles. The Balaban J connectivity index is 1.84. The first-order chi connectivity index (χ1) is 13.8. The monoisotopic (exact) mass is 414 g/mol. The van der Waals surface area contributed by atoms with Crippen LogP contribution in [-0.2, 0) is 6.54 Å². The van der Waals surface area contributed by atoms with Crippen molar-refractivity contribution >= 4 is 23.2 Å². The Kier molecular flexibility index (Phi) is 5.93. The van der Waals surface area contributed by atoms with Gasteiger partial charge in [-0.1, -0.05) is 22.8 Å². The maximum Gasteiger partial charge on any atom is 0.273 e. The summed E-state index contributed by atoms with van der Waals surface area (Å²) in [4.78, 5) is 29.5. The number of hydrogen-bond acceptors (Lipinski definition) is 6. The number of carbonyl (C=O) groups is 1. The van der Waals surface area contributed by atoms with Crippen molar-refractivity contribution in [3.05, 3.63) is 74.6 Å². The first kappa shape index (κ1) is 20.5. The Hall–Kier alpha value is -3.26. The van der Waals surface area contributed by atoms with Gasteiger partial charge in [0.25, 0.3) is 11.6 Å². The summed E-state index contributed by atoms with van der Waals surface area (Å²) in [6, 6.07) is 11.2. The van der Waals surface area contributed by atoms with Gasteiger partial charge in [-0.25, -0.2) is 0 Å². The minimum Gasteiger partial charge on any atom is -0.337 e. The van der Waals surface area contributed by atoms with Gasteiger partial charge in [-0.3, -0.25) is 14.9 Å². The molecule has 1 amide bonds. The lowest BCUT2D eigenvalue weighted by molar-refractivity contribution is -0.385. The normalized spacial score (nSPS) is 10.9. The summed E-state index contributed by atoms with van der Waals surface area (Å²) in [5, 5.41) is 15.7. The number of amides is 1. The van der Waals surface area contributed by atoms with Crippen LogP contribution in [0.4, 0.5) is 5.69 Å². The number of aryl methyl sites for hydroxylation is 1. The Morgan fingerprint density at radius 3 is 2.55 bits per heavy atom. The molecule has 3 aromatic rings. The molecule has 0 spiro atoms. The molecule has 0 N–H and O–H groups in total. The lowest BCUT2D eigenvalue weighted by Crippen LogP contribution is -2.36. The molecule has 0 atom stereocenters. The second-order valence-corrected chi connectivity index (χ2v) is 7.24. The number of rotatable bonds is 6. The molecule has 8 nitrogen and oxygen atoms in total. The van der Waals surface area contributed by atoms with Gasteiger partial charge in [-0.2, -0.15) is 4.98 Å². The molecule has 0 fully saturated rings. The van der Waals surface area contributed by atoms with Gasteiger partial charge in [-0.05, 0) is 51.1 Å². The third-order valence-electron chi connectivity index (χ3n) is 4.41. The number of aromatic nitrogens is 2. The summed E-state index contributed by atoms with van der Waals surface area (Å²) in [7, 11) is 0. The van der Waals surface area contributed by atoms with E-state index in [9.17, 15) is 14.9 Å². The van der Waals surface area contributed by atoms with E-state index in [4.69, 9.17) is 16.1 Å². The number of hydrogen-bond donors (Lipinski definition) is 0. The largest absolute Gasteiger partial charge is 0.337 e. The predicted molar refractivity (Wildman–Crippen MR) is 108 cm³/mol. The molecule has 0 bridgehead atoms. The average Bonchev–Trinajstić information content (AvgIpc) is 3.15. The van der Waals surface area contributed by atoms with Crippen LogP contribution < -0.4 is 0 Å². The highest BCUT2D eigenvalue weighted by Gasteiger charge is 2.24. The minimum atomic E-state index is -0.498.